The summed E-state index contributed by atoms with van der Waals surface area (Å²) in [5, 5.41) is 2.83. The molecule has 0 aliphatic carbocycles. The van der Waals surface area contributed by atoms with Gasteiger partial charge in [-0.25, -0.2) is 4.98 Å². The Hall–Kier alpha value is -1.29. The van der Waals surface area contributed by atoms with E-state index in [9.17, 15) is 4.79 Å². The van der Waals surface area contributed by atoms with E-state index in [0.29, 0.717) is 18.3 Å². The Balaban J connectivity index is 2.58. The van der Waals surface area contributed by atoms with E-state index in [4.69, 9.17) is 16.3 Å². The van der Waals surface area contributed by atoms with Crippen LogP contribution in [0, 0.1) is 5.41 Å². The van der Waals surface area contributed by atoms with Gasteiger partial charge in [-0.15, -0.1) is 11.6 Å². The molecule has 4 nitrogen and oxygen atoms in total. The number of hydrogen-bond acceptors (Lipinski definition) is 3. The lowest BCUT2D eigenvalue weighted by Gasteiger charge is -2.20. The van der Waals surface area contributed by atoms with Gasteiger partial charge in [0.05, 0.1) is 12.5 Å². The highest BCUT2D eigenvalue weighted by molar-refractivity contribution is 6.19. The molecule has 0 fully saturated rings. The summed E-state index contributed by atoms with van der Waals surface area (Å²) < 4.78 is 5.01. The SMILES string of the molecule is COc1cc(CNC(=O)C(C)(C)CCl)ccn1. The van der Waals surface area contributed by atoms with E-state index in [-0.39, 0.29) is 5.91 Å². The molecule has 1 N–H and O–H groups in total. The molecule has 1 rings (SSSR count). The van der Waals surface area contributed by atoms with E-state index >= 15 is 0 Å². The van der Waals surface area contributed by atoms with Crippen LogP contribution in [0.25, 0.3) is 0 Å². The minimum absolute atomic E-state index is 0.0664. The topological polar surface area (TPSA) is 51.2 Å². The molecule has 0 aliphatic heterocycles. The predicted molar refractivity (Wildman–Crippen MR) is 67.1 cm³/mol. The predicted octanol–water partition coefficient (Wildman–Crippen LogP) is 1.97. The zero-order chi connectivity index (χ0) is 12.9. The number of methoxy groups -OCH3 is 1. The van der Waals surface area contributed by atoms with Crippen molar-refractivity contribution in [2.45, 2.75) is 20.4 Å². The van der Waals surface area contributed by atoms with Crippen LogP contribution in [-0.4, -0.2) is 23.9 Å². The van der Waals surface area contributed by atoms with Crippen LogP contribution in [-0.2, 0) is 11.3 Å². The van der Waals surface area contributed by atoms with Crippen molar-refractivity contribution < 1.29 is 9.53 Å². The summed E-state index contributed by atoms with van der Waals surface area (Å²) in [7, 11) is 1.56. The first kappa shape index (κ1) is 13.8. The molecule has 0 bridgehead atoms. The molecule has 17 heavy (non-hydrogen) atoms. The second kappa shape index (κ2) is 5.87. The fraction of sp³-hybridized carbons (Fsp3) is 0.500. The van der Waals surface area contributed by atoms with Gasteiger partial charge in [0.2, 0.25) is 11.8 Å². The Morgan fingerprint density at radius 2 is 2.29 bits per heavy atom. The monoisotopic (exact) mass is 256 g/mol. The van der Waals surface area contributed by atoms with Crippen LogP contribution in [0.3, 0.4) is 0 Å². The molecule has 0 aliphatic rings. The van der Waals surface area contributed by atoms with Crippen LogP contribution in [0.2, 0.25) is 0 Å². The Kier molecular flexibility index (Phi) is 4.75. The van der Waals surface area contributed by atoms with Crippen LogP contribution in [0.5, 0.6) is 5.88 Å². The number of nitrogens with one attached hydrogen (secondary N) is 1. The lowest BCUT2D eigenvalue weighted by atomic mass is 9.95. The number of hydrogen-bond donors (Lipinski definition) is 1. The van der Waals surface area contributed by atoms with Crippen molar-refractivity contribution in [1.82, 2.24) is 10.3 Å². The average Bonchev–Trinajstić information content (AvgIpc) is 2.36. The zero-order valence-electron chi connectivity index (χ0n) is 10.3. The zero-order valence-corrected chi connectivity index (χ0v) is 11.0. The summed E-state index contributed by atoms with van der Waals surface area (Å²) >= 11 is 5.73. The molecule has 94 valence electrons. The van der Waals surface area contributed by atoms with E-state index in [1.165, 1.54) is 0 Å². The quantitative estimate of drug-likeness (QED) is 0.820. The van der Waals surface area contributed by atoms with E-state index in [1.807, 2.05) is 19.9 Å². The molecule has 0 spiro atoms. The molecule has 1 heterocycles. The number of rotatable bonds is 5. The van der Waals surface area contributed by atoms with Crippen LogP contribution < -0.4 is 10.1 Å². The number of ether oxygens (including phenoxy) is 1. The third-order valence-electron chi connectivity index (χ3n) is 2.41. The highest BCUT2D eigenvalue weighted by Crippen LogP contribution is 2.17. The second-order valence-electron chi connectivity index (χ2n) is 4.41. The van der Waals surface area contributed by atoms with Gasteiger partial charge < -0.3 is 10.1 Å². The fourth-order valence-corrected chi connectivity index (χ4v) is 1.28. The van der Waals surface area contributed by atoms with Gasteiger partial charge in [0.15, 0.2) is 0 Å². The van der Waals surface area contributed by atoms with Gasteiger partial charge in [-0.3, -0.25) is 4.79 Å². The minimum Gasteiger partial charge on any atom is -0.481 e. The first-order valence-corrected chi connectivity index (χ1v) is 5.86. The normalized spacial score (nSPS) is 11.1. The minimum atomic E-state index is -0.557. The van der Waals surface area contributed by atoms with Crippen molar-refractivity contribution in [2.24, 2.45) is 5.41 Å². The van der Waals surface area contributed by atoms with Crippen LogP contribution >= 0.6 is 11.6 Å². The highest BCUT2D eigenvalue weighted by Gasteiger charge is 2.25. The Morgan fingerprint density at radius 3 is 2.88 bits per heavy atom. The second-order valence-corrected chi connectivity index (χ2v) is 4.67. The van der Waals surface area contributed by atoms with Gasteiger partial charge >= 0.3 is 0 Å². The number of pyridine rings is 1. The van der Waals surface area contributed by atoms with Crippen molar-refractivity contribution in [3.63, 3.8) is 0 Å². The molecule has 0 saturated heterocycles. The van der Waals surface area contributed by atoms with E-state index < -0.39 is 5.41 Å². The Labute approximate surface area is 106 Å². The lowest BCUT2D eigenvalue weighted by Crippen LogP contribution is -2.37. The molecule has 0 atom stereocenters. The fourth-order valence-electron chi connectivity index (χ4n) is 1.15. The Bertz CT molecular complexity index is 394. The molecular weight excluding hydrogens is 240 g/mol. The molecule has 0 aromatic carbocycles. The van der Waals surface area contributed by atoms with Crippen molar-refractivity contribution in [1.29, 1.82) is 0 Å². The number of carbonyl (C=O) groups is 1. The molecule has 0 unspecified atom stereocenters. The van der Waals surface area contributed by atoms with Crippen molar-refractivity contribution in [3.05, 3.63) is 23.9 Å². The number of halogens is 1. The van der Waals surface area contributed by atoms with Gasteiger partial charge in [-0.05, 0) is 25.5 Å². The molecule has 0 radical (unpaired) electrons. The average molecular weight is 257 g/mol. The summed E-state index contributed by atoms with van der Waals surface area (Å²) in [6.45, 7) is 4.06. The summed E-state index contributed by atoms with van der Waals surface area (Å²) in [6, 6.07) is 3.62. The summed E-state index contributed by atoms with van der Waals surface area (Å²) in [5.41, 5.74) is 0.383. The van der Waals surface area contributed by atoms with Gasteiger partial charge in [0.1, 0.15) is 0 Å². The number of alkyl halides is 1. The molecule has 5 heteroatoms. The van der Waals surface area contributed by atoms with Gasteiger partial charge in [-0.2, -0.15) is 0 Å². The van der Waals surface area contributed by atoms with E-state index in [2.05, 4.69) is 10.3 Å². The molecule has 1 aromatic heterocycles. The van der Waals surface area contributed by atoms with Gasteiger partial charge in [-0.1, -0.05) is 0 Å². The number of nitrogens with zero attached hydrogens (tertiary/aromatic N) is 1. The number of amides is 1. The van der Waals surface area contributed by atoms with E-state index in [0.717, 1.165) is 5.56 Å². The number of carbonyl (C=O) groups excluding carboxylic acids is 1. The van der Waals surface area contributed by atoms with Crippen LogP contribution in [0.15, 0.2) is 18.3 Å². The molecular formula is C12H17ClN2O2. The summed E-state index contributed by atoms with van der Waals surface area (Å²) in [4.78, 5) is 15.8. The van der Waals surface area contributed by atoms with Gasteiger partial charge in [0.25, 0.3) is 0 Å². The molecule has 0 saturated carbocycles. The van der Waals surface area contributed by atoms with Crippen molar-refractivity contribution in [2.75, 3.05) is 13.0 Å². The highest BCUT2D eigenvalue weighted by atomic mass is 35.5. The maximum atomic E-state index is 11.8. The first-order chi connectivity index (χ1) is 7.99. The van der Waals surface area contributed by atoms with E-state index in [1.54, 1.807) is 19.4 Å². The van der Waals surface area contributed by atoms with Crippen LogP contribution in [0.1, 0.15) is 19.4 Å². The summed E-state index contributed by atoms with van der Waals surface area (Å²) in [6.07, 6.45) is 1.65. The Morgan fingerprint density at radius 1 is 1.59 bits per heavy atom. The van der Waals surface area contributed by atoms with Crippen molar-refractivity contribution in [3.8, 4) is 5.88 Å². The maximum absolute atomic E-state index is 11.8. The third kappa shape index (κ3) is 3.89. The summed E-state index contributed by atoms with van der Waals surface area (Å²) in [5.74, 6) is 0.759. The largest absolute Gasteiger partial charge is 0.481 e. The van der Waals surface area contributed by atoms with Crippen LogP contribution in [0.4, 0.5) is 0 Å². The van der Waals surface area contributed by atoms with Gasteiger partial charge in [0, 0.05) is 24.7 Å². The lowest BCUT2D eigenvalue weighted by molar-refractivity contribution is -0.128. The smallest absolute Gasteiger partial charge is 0.227 e. The van der Waals surface area contributed by atoms with Crippen molar-refractivity contribution >= 4 is 17.5 Å². The maximum Gasteiger partial charge on any atom is 0.227 e. The standard InChI is InChI=1S/C12H17ClN2O2/c1-12(2,8-13)11(16)15-7-9-4-5-14-10(6-9)17-3/h4-6H,7-8H2,1-3H3,(H,15,16). The number of aromatic nitrogens is 1. The first-order valence-electron chi connectivity index (χ1n) is 5.33. The molecule has 1 aromatic rings. The molecule has 1 amide bonds. The third-order valence-corrected chi connectivity index (χ3v) is 3.08.